The van der Waals surface area contributed by atoms with E-state index in [0.717, 1.165) is 30.3 Å². The number of hydrogen-bond donors (Lipinski definition) is 1. The lowest BCUT2D eigenvalue weighted by molar-refractivity contribution is 0.435. The van der Waals surface area contributed by atoms with E-state index in [9.17, 15) is 4.39 Å². The molecule has 3 heteroatoms. The van der Waals surface area contributed by atoms with Crippen LogP contribution in [0.3, 0.4) is 0 Å². The van der Waals surface area contributed by atoms with E-state index in [-0.39, 0.29) is 11.9 Å². The predicted molar refractivity (Wildman–Crippen MR) is 83.5 cm³/mol. The van der Waals surface area contributed by atoms with Crippen LogP contribution in [0.5, 0.6) is 0 Å². The highest BCUT2D eigenvalue weighted by Gasteiger charge is 2.19. The SMILES string of the molecule is CCCC1CCCN(c2ccc(F)cc2C(C)N)CC1. The number of halogens is 1. The molecule has 1 aliphatic heterocycles. The zero-order valence-corrected chi connectivity index (χ0v) is 12.7. The summed E-state index contributed by atoms with van der Waals surface area (Å²) in [7, 11) is 0. The first-order valence-electron chi connectivity index (χ1n) is 7.91. The molecule has 1 heterocycles. The quantitative estimate of drug-likeness (QED) is 0.892. The first-order chi connectivity index (χ1) is 9.61. The molecule has 0 aromatic heterocycles. The predicted octanol–water partition coefficient (Wildman–Crippen LogP) is 4.25. The standard InChI is InChI=1S/C17H27FN2/c1-3-5-14-6-4-10-20(11-9-14)17-8-7-15(18)12-16(17)13(2)19/h7-8,12-14H,3-6,9-11,19H2,1-2H3. The summed E-state index contributed by atoms with van der Waals surface area (Å²) < 4.78 is 13.4. The fraction of sp³-hybridized carbons (Fsp3) is 0.647. The Bertz CT molecular complexity index is 431. The van der Waals surface area contributed by atoms with Crippen LogP contribution >= 0.6 is 0 Å². The number of anilines is 1. The monoisotopic (exact) mass is 278 g/mol. The minimum Gasteiger partial charge on any atom is -0.371 e. The van der Waals surface area contributed by atoms with Gasteiger partial charge in [-0.2, -0.15) is 0 Å². The van der Waals surface area contributed by atoms with Crippen molar-refractivity contribution in [1.82, 2.24) is 0 Å². The third-order valence-electron chi connectivity index (χ3n) is 4.37. The van der Waals surface area contributed by atoms with E-state index < -0.39 is 0 Å². The average molecular weight is 278 g/mol. The molecular weight excluding hydrogens is 251 g/mol. The summed E-state index contributed by atoms with van der Waals surface area (Å²) in [6.07, 6.45) is 6.38. The molecule has 0 amide bonds. The molecule has 0 aliphatic carbocycles. The number of nitrogens with two attached hydrogens (primary N) is 1. The Morgan fingerprint density at radius 1 is 1.35 bits per heavy atom. The summed E-state index contributed by atoms with van der Waals surface area (Å²) in [5.41, 5.74) is 8.06. The summed E-state index contributed by atoms with van der Waals surface area (Å²) in [5.74, 6) is 0.656. The largest absolute Gasteiger partial charge is 0.371 e. The Labute approximate surface area is 122 Å². The zero-order chi connectivity index (χ0) is 14.5. The van der Waals surface area contributed by atoms with Gasteiger partial charge in [0.15, 0.2) is 0 Å². The van der Waals surface area contributed by atoms with Crippen LogP contribution in [0, 0.1) is 11.7 Å². The molecule has 20 heavy (non-hydrogen) atoms. The molecule has 112 valence electrons. The number of hydrogen-bond acceptors (Lipinski definition) is 2. The van der Waals surface area contributed by atoms with Crippen molar-refractivity contribution in [1.29, 1.82) is 0 Å². The van der Waals surface area contributed by atoms with Crippen molar-refractivity contribution in [2.45, 2.75) is 52.0 Å². The number of benzene rings is 1. The summed E-state index contributed by atoms with van der Waals surface area (Å²) in [4.78, 5) is 2.40. The molecule has 1 fully saturated rings. The van der Waals surface area contributed by atoms with Gasteiger partial charge in [0.2, 0.25) is 0 Å². The minimum atomic E-state index is -0.195. The van der Waals surface area contributed by atoms with E-state index in [1.165, 1.54) is 32.1 Å². The van der Waals surface area contributed by atoms with E-state index in [2.05, 4.69) is 11.8 Å². The highest BCUT2D eigenvalue weighted by molar-refractivity contribution is 5.55. The Morgan fingerprint density at radius 2 is 2.15 bits per heavy atom. The second-order valence-electron chi connectivity index (χ2n) is 6.06. The van der Waals surface area contributed by atoms with Crippen molar-refractivity contribution in [2.75, 3.05) is 18.0 Å². The van der Waals surface area contributed by atoms with Crippen molar-refractivity contribution in [2.24, 2.45) is 11.7 Å². The van der Waals surface area contributed by atoms with Crippen LogP contribution in [0.15, 0.2) is 18.2 Å². The van der Waals surface area contributed by atoms with Gasteiger partial charge in [-0.3, -0.25) is 0 Å². The molecular formula is C17H27FN2. The van der Waals surface area contributed by atoms with Crippen LogP contribution in [-0.4, -0.2) is 13.1 Å². The first-order valence-corrected chi connectivity index (χ1v) is 7.91. The third kappa shape index (κ3) is 3.72. The molecule has 2 N–H and O–H groups in total. The van der Waals surface area contributed by atoms with Gasteiger partial charge in [-0.15, -0.1) is 0 Å². The third-order valence-corrected chi connectivity index (χ3v) is 4.37. The lowest BCUT2D eigenvalue weighted by Crippen LogP contribution is -2.26. The van der Waals surface area contributed by atoms with Crippen molar-refractivity contribution in [3.63, 3.8) is 0 Å². The Morgan fingerprint density at radius 3 is 2.85 bits per heavy atom. The molecule has 2 rings (SSSR count). The summed E-state index contributed by atoms with van der Waals surface area (Å²) >= 11 is 0. The molecule has 2 atom stereocenters. The second-order valence-corrected chi connectivity index (χ2v) is 6.06. The van der Waals surface area contributed by atoms with Crippen LogP contribution in [0.4, 0.5) is 10.1 Å². The Balaban J connectivity index is 2.15. The molecule has 1 aliphatic rings. The molecule has 1 saturated heterocycles. The lowest BCUT2D eigenvalue weighted by atomic mass is 9.96. The topological polar surface area (TPSA) is 29.3 Å². The number of nitrogens with zero attached hydrogens (tertiary/aromatic N) is 1. The van der Waals surface area contributed by atoms with E-state index in [0.29, 0.717) is 0 Å². The zero-order valence-electron chi connectivity index (χ0n) is 12.7. The second kappa shape index (κ2) is 7.07. The molecule has 0 radical (unpaired) electrons. The molecule has 0 saturated carbocycles. The fourth-order valence-electron chi connectivity index (χ4n) is 3.28. The molecule has 1 aromatic carbocycles. The van der Waals surface area contributed by atoms with Gasteiger partial charge in [-0.1, -0.05) is 19.8 Å². The lowest BCUT2D eigenvalue weighted by Gasteiger charge is -2.27. The highest BCUT2D eigenvalue weighted by Crippen LogP contribution is 2.30. The van der Waals surface area contributed by atoms with Gasteiger partial charge in [0.25, 0.3) is 0 Å². The van der Waals surface area contributed by atoms with Gasteiger partial charge >= 0.3 is 0 Å². The summed E-state index contributed by atoms with van der Waals surface area (Å²) in [6, 6.07) is 4.91. The summed E-state index contributed by atoms with van der Waals surface area (Å²) in [6.45, 7) is 6.31. The molecule has 0 bridgehead atoms. The summed E-state index contributed by atoms with van der Waals surface area (Å²) in [5, 5.41) is 0. The van der Waals surface area contributed by atoms with Crippen LogP contribution in [-0.2, 0) is 0 Å². The normalized spacial score (nSPS) is 21.6. The van der Waals surface area contributed by atoms with Crippen molar-refractivity contribution in [3.05, 3.63) is 29.6 Å². The maximum atomic E-state index is 13.4. The first kappa shape index (κ1) is 15.3. The van der Waals surface area contributed by atoms with Crippen LogP contribution in [0.25, 0.3) is 0 Å². The minimum absolute atomic E-state index is 0.129. The Hall–Kier alpha value is -1.09. The number of rotatable bonds is 4. The van der Waals surface area contributed by atoms with E-state index in [1.54, 1.807) is 12.1 Å². The Kier molecular flexibility index (Phi) is 5.41. The van der Waals surface area contributed by atoms with Gasteiger partial charge < -0.3 is 10.6 Å². The van der Waals surface area contributed by atoms with Crippen LogP contribution in [0.2, 0.25) is 0 Å². The molecule has 1 aromatic rings. The van der Waals surface area contributed by atoms with E-state index in [1.807, 2.05) is 13.0 Å². The smallest absolute Gasteiger partial charge is 0.123 e. The average Bonchev–Trinajstić information content (AvgIpc) is 2.65. The van der Waals surface area contributed by atoms with Crippen LogP contribution < -0.4 is 10.6 Å². The highest BCUT2D eigenvalue weighted by atomic mass is 19.1. The van der Waals surface area contributed by atoms with Crippen molar-refractivity contribution < 1.29 is 4.39 Å². The van der Waals surface area contributed by atoms with Crippen molar-refractivity contribution >= 4 is 5.69 Å². The fourth-order valence-corrected chi connectivity index (χ4v) is 3.28. The maximum Gasteiger partial charge on any atom is 0.123 e. The van der Waals surface area contributed by atoms with Gasteiger partial charge in [-0.25, -0.2) is 4.39 Å². The van der Waals surface area contributed by atoms with Gasteiger partial charge in [-0.05, 0) is 55.9 Å². The molecule has 2 unspecified atom stereocenters. The van der Waals surface area contributed by atoms with E-state index >= 15 is 0 Å². The molecule has 0 spiro atoms. The van der Waals surface area contributed by atoms with Gasteiger partial charge in [0.1, 0.15) is 5.82 Å². The van der Waals surface area contributed by atoms with Gasteiger partial charge in [0, 0.05) is 24.8 Å². The van der Waals surface area contributed by atoms with Gasteiger partial charge in [0.05, 0.1) is 0 Å². The van der Waals surface area contributed by atoms with E-state index in [4.69, 9.17) is 5.73 Å². The van der Waals surface area contributed by atoms with Crippen molar-refractivity contribution in [3.8, 4) is 0 Å². The maximum absolute atomic E-state index is 13.4. The molecule has 2 nitrogen and oxygen atoms in total. The van der Waals surface area contributed by atoms with Crippen LogP contribution in [0.1, 0.15) is 57.6 Å².